The van der Waals surface area contributed by atoms with Crippen molar-refractivity contribution in [3.05, 3.63) is 77.9 Å². The van der Waals surface area contributed by atoms with Gasteiger partial charge in [-0.25, -0.2) is 0 Å². The van der Waals surface area contributed by atoms with Gasteiger partial charge in [0.25, 0.3) is 0 Å². The highest BCUT2D eigenvalue weighted by Gasteiger charge is 2.43. The van der Waals surface area contributed by atoms with Gasteiger partial charge >= 0.3 is 5.97 Å². The highest BCUT2D eigenvalue weighted by atomic mass is 16.5. The van der Waals surface area contributed by atoms with E-state index in [9.17, 15) is 9.90 Å². The molecule has 2 atom stereocenters. The van der Waals surface area contributed by atoms with Gasteiger partial charge in [0.15, 0.2) is 0 Å². The number of hydrogen-bond donors (Lipinski definition) is 1. The lowest BCUT2D eigenvalue weighted by atomic mass is 9.68. The molecule has 3 heteroatoms. The summed E-state index contributed by atoms with van der Waals surface area (Å²) in [6.07, 6.45) is 1.35. The third-order valence-electron chi connectivity index (χ3n) is 5.96. The largest absolute Gasteiger partial charge is 0.489 e. The van der Waals surface area contributed by atoms with Crippen molar-refractivity contribution in [3.8, 4) is 5.75 Å². The zero-order valence-corrected chi connectivity index (χ0v) is 16.8. The van der Waals surface area contributed by atoms with E-state index in [0.29, 0.717) is 18.8 Å². The quantitative estimate of drug-likeness (QED) is 0.509. The molecule has 0 saturated carbocycles. The third kappa shape index (κ3) is 3.75. The second-order valence-electron chi connectivity index (χ2n) is 7.44. The second-order valence-corrected chi connectivity index (χ2v) is 7.44. The molecule has 3 nitrogen and oxygen atoms in total. The lowest BCUT2D eigenvalue weighted by Crippen LogP contribution is -2.41. The fraction of sp³-hybridized carbons (Fsp3) is 0.320. The molecule has 2 unspecified atom stereocenters. The van der Waals surface area contributed by atoms with Gasteiger partial charge in [0.1, 0.15) is 12.4 Å². The number of aliphatic carboxylic acids is 1. The van der Waals surface area contributed by atoms with Crippen LogP contribution in [0.15, 0.2) is 66.7 Å². The first-order valence-electron chi connectivity index (χ1n) is 9.95. The summed E-state index contributed by atoms with van der Waals surface area (Å²) in [5, 5.41) is 12.4. The minimum atomic E-state index is -0.892. The Morgan fingerprint density at radius 3 is 2.43 bits per heavy atom. The van der Waals surface area contributed by atoms with Crippen LogP contribution in [0, 0.1) is 5.92 Å². The molecule has 0 amide bonds. The van der Waals surface area contributed by atoms with Crippen molar-refractivity contribution >= 4 is 16.7 Å². The fourth-order valence-electron chi connectivity index (χ4n) is 4.03. The van der Waals surface area contributed by atoms with Crippen LogP contribution in [0.2, 0.25) is 0 Å². The maximum atomic E-state index is 12.2. The molecule has 28 heavy (non-hydrogen) atoms. The normalized spacial score (nSPS) is 14.4. The topological polar surface area (TPSA) is 46.5 Å². The minimum Gasteiger partial charge on any atom is -0.489 e. The Kier molecular flexibility index (Phi) is 6.03. The smallest absolute Gasteiger partial charge is 0.314 e. The van der Waals surface area contributed by atoms with Crippen LogP contribution in [0.25, 0.3) is 10.8 Å². The van der Waals surface area contributed by atoms with E-state index in [2.05, 4.69) is 30.3 Å². The van der Waals surface area contributed by atoms with E-state index < -0.39 is 11.4 Å². The Morgan fingerprint density at radius 2 is 1.75 bits per heavy atom. The van der Waals surface area contributed by atoms with E-state index in [1.807, 2.05) is 57.2 Å². The second kappa shape index (κ2) is 8.47. The van der Waals surface area contributed by atoms with Crippen molar-refractivity contribution in [2.75, 3.05) is 0 Å². The first-order chi connectivity index (χ1) is 13.5. The third-order valence-corrected chi connectivity index (χ3v) is 5.96. The Morgan fingerprint density at radius 1 is 1.00 bits per heavy atom. The van der Waals surface area contributed by atoms with E-state index in [1.54, 1.807) is 0 Å². The standard InChI is InChI=1S/C25H28O3/c1-4-18(3)25(5-2,24(26)27)22-11-8-12-23(16-22)28-17-19-13-14-20-9-6-7-10-21(20)15-19/h6-16,18H,4-5,17H2,1-3H3,(H,26,27). The number of rotatable bonds is 8. The van der Waals surface area contributed by atoms with Crippen LogP contribution < -0.4 is 4.74 Å². The number of hydrogen-bond acceptors (Lipinski definition) is 2. The van der Waals surface area contributed by atoms with Gasteiger partial charge in [-0.3, -0.25) is 4.79 Å². The molecule has 146 valence electrons. The maximum Gasteiger partial charge on any atom is 0.314 e. The van der Waals surface area contributed by atoms with Gasteiger partial charge in [-0.1, -0.05) is 75.7 Å². The van der Waals surface area contributed by atoms with Crippen LogP contribution in [-0.4, -0.2) is 11.1 Å². The molecule has 0 spiro atoms. The van der Waals surface area contributed by atoms with Gasteiger partial charge in [-0.05, 0) is 52.4 Å². The van der Waals surface area contributed by atoms with Crippen molar-refractivity contribution in [3.63, 3.8) is 0 Å². The molecule has 0 aliphatic carbocycles. The first kappa shape index (κ1) is 19.9. The molecule has 0 aliphatic heterocycles. The molecule has 0 aliphatic rings. The summed E-state index contributed by atoms with van der Waals surface area (Å²) >= 11 is 0. The molecule has 0 bridgehead atoms. The number of fused-ring (bicyclic) bond motifs is 1. The summed E-state index contributed by atoms with van der Waals surface area (Å²) < 4.78 is 6.02. The summed E-state index contributed by atoms with van der Waals surface area (Å²) in [6, 6.07) is 22.1. The van der Waals surface area contributed by atoms with Crippen molar-refractivity contribution in [1.82, 2.24) is 0 Å². The molecule has 3 rings (SSSR count). The van der Waals surface area contributed by atoms with E-state index in [4.69, 9.17) is 4.74 Å². The van der Waals surface area contributed by atoms with E-state index in [-0.39, 0.29) is 5.92 Å². The van der Waals surface area contributed by atoms with Gasteiger partial charge in [0.05, 0.1) is 5.41 Å². The summed E-state index contributed by atoms with van der Waals surface area (Å²) in [5.74, 6) is -0.0326. The average Bonchev–Trinajstić information content (AvgIpc) is 2.73. The Labute approximate surface area is 167 Å². The zero-order valence-electron chi connectivity index (χ0n) is 16.8. The van der Waals surface area contributed by atoms with Crippen molar-refractivity contribution < 1.29 is 14.6 Å². The Bertz CT molecular complexity index is 963. The van der Waals surface area contributed by atoms with Crippen LogP contribution >= 0.6 is 0 Å². The van der Waals surface area contributed by atoms with Crippen LogP contribution in [0.4, 0.5) is 0 Å². The number of benzene rings is 3. The lowest BCUT2D eigenvalue weighted by Gasteiger charge is -2.34. The minimum absolute atomic E-state index is 0.0331. The molecule has 3 aromatic rings. The number of carboxylic acid groups (broad SMARTS) is 1. The predicted molar refractivity (Wildman–Crippen MR) is 114 cm³/mol. The monoisotopic (exact) mass is 376 g/mol. The number of carbonyl (C=O) groups is 1. The summed E-state index contributed by atoms with van der Waals surface area (Å²) in [6.45, 7) is 6.45. The SMILES string of the molecule is CCC(C)C(CC)(C(=O)O)c1cccc(OCc2ccc3ccccc3c2)c1. The van der Waals surface area contributed by atoms with E-state index >= 15 is 0 Å². The average molecular weight is 376 g/mol. The fourth-order valence-corrected chi connectivity index (χ4v) is 4.03. The predicted octanol–water partition coefficient (Wildman–Crippen LogP) is 6.20. The van der Waals surface area contributed by atoms with Gasteiger partial charge in [-0.2, -0.15) is 0 Å². The Balaban J connectivity index is 1.84. The van der Waals surface area contributed by atoms with Crippen LogP contribution in [0.3, 0.4) is 0 Å². The van der Waals surface area contributed by atoms with Gasteiger partial charge < -0.3 is 9.84 Å². The summed E-state index contributed by atoms with van der Waals surface area (Å²) in [7, 11) is 0. The van der Waals surface area contributed by atoms with Crippen molar-refractivity contribution in [2.24, 2.45) is 5.92 Å². The first-order valence-corrected chi connectivity index (χ1v) is 9.95. The molecular formula is C25H28O3. The summed E-state index contributed by atoms with van der Waals surface area (Å²) in [4.78, 5) is 12.2. The molecule has 0 aromatic heterocycles. The van der Waals surface area contributed by atoms with Crippen molar-refractivity contribution in [1.29, 1.82) is 0 Å². The molecule has 0 fully saturated rings. The van der Waals surface area contributed by atoms with E-state index in [0.717, 1.165) is 17.5 Å². The number of carboxylic acids is 1. The van der Waals surface area contributed by atoms with Crippen LogP contribution in [-0.2, 0) is 16.8 Å². The van der Waals surface area contributed by atoms with Gasteiger partial charge in [-0.15, -0.1) is 0 Å². The Hall–Kier alpha value is -2.81. The molecule has 0 heterocycles. The highest BCUT2D eigenvalue weighted by molar-refractivity contribution is 5.83. The maximum absolute atomic E-state index is 12.2. The molecule has 3 aromatic carbocycles. The zero-order chi connectivity index (χ0) is 20.1. The molecule has 0 saturated heterocycles. The molecule has 0 radical (unpaired) electrons. The number of ether oxygens (including phenoxy) is 1. The molecule has 1 N–H and O–H groups in total. The van der Waals surface area contributed by atoms with Gasteiger partial charge in [0.2, 0.25) is 0 Å². The van der Waals surface area contributed by atoms with Gasteiger partial charge in [0, 0.05) is 0 Å². The van der Waals surface area contributed by atoms with Crippen LogP contribution in [0.5, 0.6) is 5.75 Å². The van der Waals surface area contributed by atoms with E-state index in [1.165, 1.54) is 10.8 Å². The lowest BCUT2D eigenvalue weighted by molar-refractivity contribution is -0.146. The summed E-state index contributed by atoms with van der Waals surface area (Å²) in [5.41, 5.74) is 1.01. The van der Waals surface area contributed by atoms with Crippen LogP contribution in [0.1, 0.15) is 44.7 Å². The molecular weight excluding hydrogens is 348 g/mol. The van der Waals surface area contributed by atoms with Crippen molar-refractivity contribution in [2.45, 2.75) is 45.6 Å². The highest BCUT2D eigenvalue weighted by Crippen LogP contribution is 2.39.